The summed E-state index contributed by atoms with van der Waals surface area (Å²) in [5.74, 6) is 3.10. The molecule has 6 nitrogen and oxygen atoms in total. The Balaban J connectivity index is 1.32. The highest BCUT2D eigenvalue weighted by atomic mass is 16.5. The van der Waals surface area contributed by atoms with Gasteiger partial charge in [-0.3, -0.25) is 0 Å². The van der Waals surface area contributed by atoms with Gasteiger partial charge >= 0.3 is 0 Å². The van der Waals surface area contributed by atoms with Gasteiger partial charge in [0, 0.05) is 81.2 Å². The van der Waals surface area contributed by atoms with Crippen molar-refractivity contribution in [1.82, 2.24) is 15.1 Å². The molecule has 0 aromatic heterocycles. The minimum atomic E-state index is 0.109. The second kappa shape index (κ2) is 8.25. The van der Waals surface area contributed by atoms with Gasteiger partial charge in [0.05, 0.1) is 20.3 Å². The first-order chi connectivity index (χ1) is 15.7. The van der Waals surface area contributed by atoms with Crippen LogP contribution >= 0.6 is 0 Å². The fourth-order valence-corrected chi connectivity index (χ4v) is 6.45. The number of methoxy groups -OCH3 is 1. The number of hydrogen-bond donors (Lipinski definition) is 1. The summed E-state index contributed by atoms with van der Waals surface area (Å²) >= 11 is 0. The van der Waals surface area contributed by atoms with E-state index in [1.54, 1.807) is 7.11 Å². The molecule has 5 aliphatic rings. The number of nitrogens with zero attached hydrogens (tertiary/aromatic N) is 2. The lowest BCUT2D eigenvalue weighted by molar-refractivity contribution is 0.0174. The van der Waals surface area contributed by atoms with Gasteiger partial charge in [-0.05, 0) is 11.6 Å². The van der Waals surface area contributed by atoms with Crippen LogP contribution in [0.15, 0.2) is 42.5 Å². The van der Waals surface area contributed by atoms with Crippen LogP contribution in [0.25, 0.3) is 0 Å². The van der Waals surface area contributed by atoms with Crippen LogP contribution in [-0.2, 0) is 12.0 Å². The number of hydrogen-bond acceptors (Lipinski definition) is 6. The van der Waals surface area contributed by atoms with Gasteiger partial charge in [0.25, 0.3) is 0 Å². The molecule has 2 aromatic carbocycles. The Morgan fingerprint density at radius 2 is 1.69 bits per heavy atom. The molecule has 0 radical (unpaired) electrons. The van der Waals surface area contributed by atoms with Gasteiger partial charge in [0.2, 0.25) is 0 Å². The van der Waals surface area contributed by atoms with Crippen molar-refractivity contribution < 1.29 is 14.2 Å². The van der Waals surface area contributed by atoms with Gasteiger partial charge in [-0.25, -0.2) is 0 Å². The Bertz CT molecular complexity index is 950. The topological polar surface area (TPSA) is 46.2 Å². The lowest BCUT2D eigenvalue weighted by atomic mass is 9.64. The van der Waals surface area contributed by atoms with E-state index in [1.165, 1.54) is 31.7 Å². The van der Waals surface area contributed by atoms with Crippen LogP contribution in [0.4, 0.5) is 0 Å². The Morgan fingerprint density at radius 3 is 2.38 bits per heavy atom. The van der Waals surface area contributed by atoms with E-state index in [0.29, 0.717) is 25.2 Å². The molecule has 0 saturated carbocycles. The summed E-state index contributed by atoms with van der Waals surface area (Å²) in [7, 11) is 1.74. The summed E-state index contributed by atoms with van der Waals surface area (Å²) < 4.78 is 17.6. The summed E-state index contributed by atoms with van der Waals surface area (Å²) in [6.07, 6.45) is 0.904. The highest BCUT2D eigenvalue weighted by molar-refractivity contribution is 5.51. The lowest BCUT2D eigenvalue weighted by Gasteiger charge is -2.56. The lowest BCUT2D eigenvalue weighted by Crippen LogP contribution is -2.69. The van der Waals surface area contributed by atoms with Crippen molar-refractivity contribution in [3.8, 4) is 17.2 Å². The van der Waals surface area contributed by atoms with E-state index in [9.17, 15) is 0 Å². The molecule has 3 unspecified atom stereocenters. The molecule has 5 aliphatic heterocycles. The molecule has 3 atom stereocenters. The van der Waals surface area contributed by atoms with Crippen LogP contribution in [0, 0.1) is 5.92 Å². The molecule has 2 aromatic rings. The SMILES string of the molecule is COc1cc2c(cc1CNC1C3CN4CCN(C3)CC1(c1ccccc1)C4)OCCCO2. The van der Waals surface area contributed by atoms with Gasteiger partial charge in [-0.1, -0.05) is 30.3 Å². The molecular weight excluding hydrogens is 402 g/mol. The molecule has 1 N–H and O–H groups in total. The Labute approximate surface area is 190 Å². The van der Waals surface area contributed by atoms with E-state index in [2.05, 4.69) is 51.5 Å². The molecular formula is C26H33N3O3. The third-order valence-corrected chi connectivity index (χ3v) is 7.81. The van der Waals surface area contributed by atoms with Crippen molar-refractivity contribution in [3.63, 3.8) is 0 Å². The first-order valence-electron chi connectivity index (χ1n) is 12.0. The minimum absolute atomic E-state index is 0.109. The molecule has 0 amide bonds. The summed E-state index contributed by atoms with van der Waals surface area (Å²) in [6, 6.07) is 15.7. The molecule has 4 saturated heterocycles. The van der Waals surface area contributed by atoms with Crippen molar-refractivity contribution in [2.75, 3.05) is 59.6 Å². The van der Waals surface area contributed by atoms with Gasteiger partial charge in [-0.15, -0.1) is 0 Å². The Hall–Kier alpha value is -2.28. The molecule has 4 fully saturated rings. The van der Waals surface area contributed by atoms with Crippen molar-refractivity contribution in [3.05, 3.63) is 53.6 Å². The van der Waals surface area contributed by atoms with Crippen LogP contribution < -0.4 is 19.5 Å². The second-order valence-electron chi connectivity index (χ2n) is 9.77. The highest BCUT2D eigenvalue weighted by Gasteiger charge is 2.54. The number of benzene rings is 2. The van der Waals surface area contributed by atoms with Crippen molar-refractivity contribution in [2.24, 2.45) is 5.92 Å². The zero-order valence-electron chi connectivity index (χ0n) is 18.9. The predicted octanol–water partition coefficient (Wildman–Crippen LogP) is 2.51. The van der Waals surface area contributed by atoms with E-state index in [-0.39, 0.29) is 5.41 Å². The van der Waals surface area contributed by atoms with Crippen molar-refractivity contribution in [2.45, 2.75) is 24.4 Å². The Morgan fingerprint density at radius 1 is 1.00 bits per heavy atom. The highest BCUT2D eigenvalue weighted by Crippen LogP contribution is 2.44. The maximum absolute atomic E-state index is 5.96. The van der Waals surface area contributed by atoms with Gasteiger partial charge < -0.3 is 29.3 Å². The molecule has 170 valence electrons. The van der Waals surface area contributed by atoms with E-state index >= 15 is 0 Å². The summed E-state index contributed by atoms with van der Waals surface area (Å²) in [6.45, 7) is 9.13. The van der Waals surface area contributed by atoms with E-state index in [1.807, 2.05) is 6.07 Å². The largest absolute Gasteiger partial charge is 0.496 e. The number of nitrogens with one attached hydrogen (secondary N) is 1. The second-order valence-corrected chi connectivity index (χ2v) is 9.77. The standard InChI is InChI=1S/C26H33N3O3/c1-30-22-13-24-23(31-10-5-11-32-24)12-19(22)14-27-25-20-15-28-8-9-29(16-20)18-26(25,17-28)21-6-3-2-4-7-21/h2-4,6-7,12-13,20,25,27H,5,8-11,14-18H2,1H3. The van der Waals surface area contributed by atoms with Crippen LogP contribution in [-0.4, -0.2) is 75.4 Å². The quantitative estimate of drug-likeness (QED) is 0.779. The molecule has 32 heavy (non-hydrogen) atoms. The fraction of sp³-hybridized carbons (Fsp3) is 0.538. The monoisotopic (exact) mass is 435 g/mol. The smallest absolute Gasteiger partial charge is 0.164 e. The van der Waals surface area contributed by atoms with Crippen molar-refractivity contribution in [1.29, 1.82) is 0 Å². The number of fused-ring (bicyclic) bond motifs is 2. The number of rotatable bonds is 5. The third-order valence-electron chi connectivity index (χ3n) is 7.81. The zero-order valence-corrected chi connectivity index (χ0v) is 18.9. The predicted molar refractivity (Wildman–Crippen MR) is 124 cm³/mol. The van der Waals surface area contributed by atoms with Crippen molar-refractivity contribution >= 4 is 0 Å². The molecule has 0 spiro atoms. The average Bonchev–Trinajstić information content (AvgIpc) is 3.21. The first-order valence-corrected chi connectivity index (χ1v) is 12.0. The molecule has 7 rings (SSSR count). The number of piperidine rings is 2. The molecule has 4 bridgehead atoms. The third kappa shape index (κ3) is 3.45. The average molecular weight is 436 g/mol. The summed E-state index contributed by atoms with van der Waals surface area (Å²) in [5.41, 5.74) is 2.70. The minimum Gasteiger partial charge on any atom is -0.496 e. The fourth-order valence-electron chi connectivity index (χ4n) is 6.45. The van der Waals surface area contributed by atoms with Gasteiger partial charge in [0.15, 0.2) is 11.5 Å². The van der Waals surface area contributed by atoms with E-state index < -0.39 is 0 Å². The molecule has 6 heteroatoms. The molecule has 5 heterocycles. The van der Waals surface area contributed by atoms with E-state index in [4.69, 9.17) is 14.2 Å². The maximum atomic E-state index is 5.96. The summed E-state index contributed by atoms with van der Waals surface area (Å²) in [5, 5.41) is 4.02. The maximum Gasteiger partial charge on any atom is 0.164 e. The van der Waals surface area contributed by atoms with Gasteiger partial charge in [0.1, 0.15) is 5.75 Å². The van der Waals surface area contributed by atoms with Crippen LogP contribution in [0.2, 0.25) is 0 Å². The number of ether oxygens (including phenoxy) is 3. The van der Waals surface area contributed by atoms with E-state index in [0.717, 1.165) is 48.9 Å². The summed E-state index contributed by atoms with van der Waals surface area (Å²) in [4.78, 5) is 5.38. The van der Waals surface area contributed by atoms with Gasteiger partial charge in [-0.2, -0.15) is 0 Å². The first kappa shape index (κ1) is 20.3. The Kier molecular flexibility index (Phi) is 5.24. The van der Waals surface area contributed by atoms with Crippen LogP contribution in [0.5, 0.6) is 17.2 Å². The van der Waals surface area contributed by atoms with Crippen LogP contribution in [0.3, 0.4) is 0 Å². The zero-order chi connectivity index (χ0) is 21.5. The normalized spacial score (nSPS) is 32.9. The van der Waals surface area contributed by atoms with Crippen LogP contribution in [0.1, 0.15) is 17.5 Å². The molecule has 0 aliphatic carbocycles.